The molecule has 2 heterocycles. The number of alkyl carbamates (subject to hydrolysis) is 1. The van der Waals surface area contributed by atoms with E-state index in [-0.39, 0.29) is 64.4 Å². The molecule has 13 atom stereocenters. The van der Waals surface area contributed by atoms with Crippen molar-refractivity contribution >= 4 is 6.09 Å². The van der Waals surface area contributed by atoms with Gasteiger partial charge in [0.25, 0.3) is 5.92 Å². The van der Waals surface area contributed by atoms with Gasteiger partial charge < -0.3 is 29.7 Å². The van der Waals surface area contributed by atoms with Crippen LogP contribution < -0.4 is 5.32 Å². The summed E-state index contributed by atoms with van der Waals surface area (Å²) in [6.07, 6.45) is 6.00. The predicted molar refractivity (Wildman–Crippen MR) is 177 cm³/mol. The van der Waals surface area contributed by atoms with E-state index in [4.69, 9.17) is 14.2 Å². The zero-order chi connectivity index (χ0) is 34.9. The van der Waals surface area contributed by atoms with Gasteiger partial charge in [0, 0.05) is 30.5 Å². The molecule has 3 N–H and O–H groups in total. The first-order chi connectivity index (χ1) is 22.3. The number of hydrogen-bond acceptors (Lipinski definition) is 7. The number of rotatable bonds is 8. The zero-order valence-corrected chi connectivity index (χ0v) is 30.6. The third-order valence-corrected chi connectivity index (χ3v) is 16.0. The van der Waals surface area contributed by atoms with E-state index in [0.717, 1.165) is 38.5 Å². The number of alkyl halides is 2. The molecule has 0 radical (unpaired) electrons. The highest BCUT2D eigenvalue weighted by Crippen LogP contribution is 2.89. The number of carbonyl (C=O) groups is 1. The second-order valence-electron chi connectivity index (χ2n) is 19.0. The Kier molecular flexibility index (Phi) is 8.26. The van der Waals surface area contributed by atoms with Gasteiger partial charge in [-0.2, -0.15) is 0 Å². The molecule has 2 spiro atoms. The van der Waals surface area contributed by atoms with Crippen molar-refractivity contribution in [3.8, 4) is 0 Å². The summed E-state index contributed by atoms with van der Waals surface area (Å²) in [4.78, 5) is 14.5. The summed E-state index contributed by atoms with van der Waals surface area (Å²) in [7, 11) is 0. The minimum Gasteiger partial charge on any atom is -0.446 e. The lowest BCUT2D eigenvalue weighted by Crippen LogP contribution is -2.60. The highest BCUT2D eigenvalue weighted by atomic mass is 19.3. The van der Waals surface area contributed by atoms with Gasteiger partial charge in [0.2, 0.25) is 0 Å². The average molecular weight is 681 g/mol. The maximum absolute atomic E-state index is 13.2. The number of carbonyl (C=O) groups excluding carboxylic acids is 1. The molecule has 0 unspecified atom stereocenters. The van der Waals surface area contributed by atoms with E-state index in [1.54, 1.807) is 18.7 Å². The maximum Gasteiger partial charge on any atom is 0.407 e. The van der Waals surface area contributed by atoms with Crippen molar-refractivity contribution in [1.29, 1.82) is 0 Å². The fourth-order valence-corrected chi connectivity index (χ4v) is 13.9. The highest BCUT2D eigenvalue weighted by molar-refractivity contribution is 5.67. The van der Waals surface area contributed by atoms with Gasteiger partial charge in [0.15, 0.2) is 0 Å². The maximum atomic E-state index is 13.2. The Bertz CT molecular complexity index is 1270. The number of aliphatic hydroxyl groups is 2. The molecular formula is C38H62F2N2O6. The molecule has 0 aromatic carbocycles. The van der Waals surface area contributed by atoms with Gasteiger partial charge in [0.1, 0.15) is 12.2 Å². The van der Waals surface area contributed by atoms with Crippen molar-refractivity contribution in [2.45, 2.75) is 149 Å². The van der Waals surface area contributed by atoms with Gasteiger partial charge in [-0.05, 0) is 112 Å². The van der Waals surface area contributed by atoms with Crippen LogP contribution in [0.25, 0.3) is 0 Å². The molecule has 0 aromatic rings. The number of halogens is 2. The number of fused-ring (bicyclic) bond motifs is 4. The van der Waals surface area contributed by atoms with Gasteiger partial charge in [-0.1, -0.05) is 34.6 Å². The van der Waals surface area contributed by atoms with Gasteiger partial charge in [-0.3, -0.25) is 4.90 Å². The molecule has 7 fully saturated rings. The van der Waals surface area contributed by atoms with Gasteiger partial charge in [-0.15, -0.1) is 0 Å². The third-order valence-electron chi connectivity index (χ3n) is 16.0. The third kappa shape index (κ3) is 4.83. The zero-order valence-electron chi connectivity index (χ0n) is 30.6. The van der Waals surface area contributed by atoms with E-state index in [2.05, 4.69) is 39.9 Å². The molecule has 7 aliphatic rings. The number of aliphatic hydroxyl groups excluding tert-OH is 1. The standard InChI is InChI=1S/C38H62F2N2O6/c1-9-46-30(33(5,6)45)23-18-22(2)27-28(47-23)29(43)35(8)25-11-10-24-32(3,4)26(48-31(44)41-16-17-42-20-38(39,40)21-42)12-13-36(24)19-37(25,36)15-14-34(27,35)7/h22-30,43,45H,9-21H2,1-8H3,(H,41,44)/t22-,23-,24+,25+,26+,27+,28+,29+,30+,34-,35-,36-,37+/m1/s1. The Labute approximate surface area is 286 Å². The second kappa shape index (κ2) is 11.2. The average Bonchev–Trinajstić information content (AvgIpc) is 3.60. The lowest BCUT2D eigenvalue weighted by Gasteiger charge is -2.63. The number of ether oxygens (including phenoxy) is 3. The monoisotopic (exact) mass is 680 g/mol. The first kappa shape index (κ1) is 35.3. The van der Waals surface area contributed by atoms with Crippen LogP contribution in [-0.2, 0) is 14.2 Å². The van der Waals surface area contributed by atoms with Crippen LogP contribution in [0, 0.1) is 50.7 Å². The quantitative estimate of drug-likeness (QED) is 0.288. The number of amides is 1. The van der Waals surface area contributed by atoms with Crippen molar-refractivity contribution in [2.75, 3.05) is 32.8 Å². The van der Waals surface area contributed by atoms with Crippen molar-refractivity contribution in [1.82, 2.24) is 10.2 Å². The first-order valence-corrected chi connectivity index (χ1v) is 19.0. The summed E-state index contributed by atoms with van der Waals surface area (Å²) in [5, 5.41) is 26.4. The van der Waals surface area contributed by atoms with Gasteiger partial charge in [0.05, 0.1) is 37.0 Å². The first-order valence-electron chi connectivity index (χ1n) is 19.0. The summed E-state index contributed by atoms with van der Waals surface area (Å²) >= 11 is 0. The molecule has 274 valence electrons. The van der Waals surface area contributed by atoms with Crippen LogP contribution in [0.3, 0.4) is 0 Å². The van der Waals surface area contributed by atoms with Crippen LogP contribution in [0.2, 0.25) is 0 Å². The smallest absolute Gasteiger partial charge is 0.407 e. The minimum atomic E-state index is -2.61. The van der Waals surface area contributed by atoms with E-state index in [1.165, 1.54) is 12.8 Å². The molecule has 7 rings (SSSR count). The molecule has 2 aliphatic heterocycles. The van der Waals surface area contributed by atoms with Gasteiger partial charge >= 0.3 is 6.09 Å². The molecule has 8 nitrogen and oxygen atoms in total. The summed E-state index contributed by atoms with van der Waals surface area (Å²) < 4.78 is 45.4. The number of nitrogens with zero attached hydrogens (tertiary/aromatic N) is 1. The molecule has 0 aromatic heterocycles. The fourth-order valence-electron chi connectivity index (χ4n) is 13.9. The molecule has 1 amide bonds. The molecule has 5 aliphatic carbocycles. The van der Waals surface area contributed by atoms with Crippen LogP contribution in [-0.4, -0.2) is 96.0 Å². The van der Waals surface area contributed by atoms with Crippen LogP contribution in [0.1, 0.15) is 107 Å². The highest BCUT2D eigenvalue weighted by Gasteiger charge is 2.84. The van der Waals surface area contributed by atoms with Crippen molar-refractivity contribution < 1.29 is 38.0 Å². The number of nitrogens with one attached hydrogen (secondary N) is 1. The summed E-state index contributed by atoms with van der Waals surface area (Å²) in [5.74, 6) is -1.19. The van der Waals surface area contributed by atoms with Crippen LogP contribution in [0.5, 0.6) is 0 Å². The Morgan fingerprint density at radius 1 is 1.06 bits per heavy atom. The van der Waals surface area contributed by atoms with Gasteiger partial charge in [-0.25, -0.2) is 13.6 Å². The van der Waals surface area contributed by atoms with Crippen LogP contribution >= 0.6 is 0 Å². The Morgan fingerprint density at radius 3 is 2.38 bits per heavy atom. The lowest BCUT2D eigenvalue weighted by atomic mass is 9.41. The van der Waals surface area contributed by atoms with Crippen LogP contribution in [0.15, 0.2) is 0 Å². The lowest BCUT2D eigenvalue weighted by molar-refractivity contribution is -0.215. The Balaban J connectivity index is 1.07. The number of hydrogen-bond donors (Lipinski definition) is 3. The summed E-state index contributed by atoms with van der Waals surface area (Å²) in [5.41, 5.74) is -1.19. The van der Waals surface area contributed by atoms with Crippen LogP contribution in [0.4, 0.5) is 13.6 Å². The SMILES string of the molecule is CCO[C@@H]([C@H]1C[C@@H](C)[C@H]2[C@H](O1)[C@H](O)[C@@]1(C)[C@@H]3CC[C@H]4C(C)(C)[C@@H](OC(=O)NCCN5CC(F)(F)C5)CC[C@@]45C[C@@]35CC[C@]21C)C(C)(C)O. The van der Waals surface area contributed by atoms with E-state index >= 15 is 0 Å². The normalized spacial score (nSPS) is 49.2. The predicted octanol–water partition coefficient (Wildman–Crippen LogP) is 6.02. The van der Waals surface area contributed by atoms with E-state index in [0.29, 0.717) is 37.5 Å². The fraction of sp³-hybridized carbons (Fsp3) is 0.974. The van der Waals surface area contributed by atoms with E-state index in [1.807, 2.05) is 6.92 Å². The molecule has 10 heteroatoms. The van der Waals surface area contributed by atoms with E-state index in [9.17, 15) is 23.8 Å². The molecule has 0 bridgehead atoms. The number of likely N-dealkylation sites (tertiary alicyclic amines) is 1. The largest absolute Gasteiger partial charge is 0.446 e. The topological polar surface area (TPSA) is 100 Å². The molecule has 48 heavy (non-hydrogen) atoms. The second-order valence-corrected chi connectivity index (χ2v) is 19.0. The van der Waals surface area contributed by atoms with E-state index < -0.39 is 29.8 Å². The Morgan fingerprint density at radius 2 is 1.73 bits per heavy atom. The van der Waals surface area contributed by atoms with Crippen molar-refractivity contribution in [3.05, 3.63) is 0 Å². The van der Waals surface area contributed by atoms with Crippen molar-refractivity contribution in [2.24, 2.45) is 50.7 Å². The molecule has 5 saturated carbocycles. The summed E-state index contributed by atoms with van der Waals surface area (Å²) in [6, 6.07) is 0. The molecule has 2 saturated heterocycles. The minimum absolute atomic E-state index is 0.0519. The van der Waals surface area contributed by atoms with Crippen molar-refractivity contribution in [3.63, 3.8) is 0 Å². The summed E-state index contributed by atoms with van der Waals surface area (Å²) in [6.45, 7) is 18.0. The Hall–Kier alpha value is -1.07. The molecular weight excluding hydrogens is 618 g/mol.